The van der Waals surface area contributed by atoms with Gasteiger partial charge in [-0.15, -0.1) is 0 Å². The molecule has 3 heteroatoms. The number of hydrogen-bond acceptors (Lipinski definition) is 3. The Morgan fingerprint density at radius 2 is 1.88 bits per heavy atom. The Morgan fingerprint density at radius 3 is 2.41 bits per heavy atom. The van der Waals surface area contributed by atoms with Crippen LogP contribution in [0, 0.1) is 0 Å². The van der Waals surface area contributed by atoms with Gasteiger partial charge in [0.2, 0.25) is 0 Å². The van der Waals surface area contributed by atoms with E-state index in [1.165, 1.54) is 24.8 Å². The standard InChI is InChI=1S/C14H24N2O/c1-3-5-6-7-14(16-15)12-8-10-13(11-9-12)17-4-2/h8-11,14,16H,3-7,15H2,1-2H3. The van der Waals surface area contributed by atoms with Crippen molar-refractivity contribution in [2.24, 2.45) is 5.84 Å². The Kier molecular flexibility index (Phi) is 6.67. The number of ether oxygens (including phenoxy) is 1. The molecular weight excluding hydrogens is 212 g/mol. The molecule has 3 nitrogen and oxygen atoms in total. The summed E-state index contributed by atoms with van der Waals surface area (Å²) in [5, 5.41) is 0. The van der Waals surface area contributed by atoms with E-state index >= 15 is 0 Å². The maximum atomic E-state index is 5.60. The smallest absolute Gasteiger partial charge is 0.119 e. The lowest BCUT2D eigenvalue weighted by molar-refractivity contribution is 0.340. The van der Waals surface area contributed by atoms with E-state index in [1.54, 1.807) is 0 Å². The number of hydrogen-bond donors (Lipinski definition) is 2. The van der Waals surface area contributed by atoms with Gasteiger partial charge in [-0.05, 0) is 31.0 Å². The van der Waals surface area contributed by atoms with Crippen LogP contribution >= 0.6 is 0 Å². The van der Waals surface area contributed by atoms with Gasteiger partial charge in [0, 0.05) is 6.04 Å². The summed E-state index contributed by atoms with van der Waals surface area (Å²) in [6.07, 6.45) is 4.78. The Morgan fingerprint density at radius 1 is 1.18 bits per heavy atom. The zero-order valence-electron chi connectivity index (χ0n) is 10.9. The van der Waals surface area contributed by atoms with Gasteiger partial charge in [0.05, 0.1) is 6.61 Å². The molecule has 0 saturated heterocycles. The third-order valence-electron chi connectivity index (χ3n) is 2.89. The lowest BCUT2D eigenvalue weighted by Gasteiger charge is -2.16. The van der Waals surface area contributed by atoms with Gasteiger partial charge < -0.3 is 4.74 Å². The highest BCUT2D eigenvalue weighted by Crippen LogP contribution is 2.21. The van der Waals surface area contributed by atoms with Crippen molar-refractivity contribution in [1.82, 2.24) is 5.43 Å². The van der Waals surface area contributed by atoms with E-state index in [4.69, 9.17) is 10.6 Å². The normalized spacial score (nSPS) is 12.4. The van der Waals surface area contributed by atoms with Crippen molar-refractivity contribution >= 4 is 0 Å². The average molecular weight is 236 g/mol. The van der Waals surface area contributed by atoms with Crippen LogP contribution in [0.15, 0.2) is 24.3 Å². The van der Waals surface area contributed by atoms with E-state index in [0.29, 0.717) is 6.61 Å². The average Bonchev–Trinajstić information content (AvgIpc) is 2.36. The quantitative estimate of drug-likeness (QED) is 0.414. The summed E-state index contributed by atoms with van der Waals surface area (Å²) < 4.78 is 5.42. The number of rotatable bonds is 8. The fraction of sp³-hybridized carbons (Fsp3) is 0.571. The third-order valence-corrected chi connectivity index (χ3v) is 2.89. The number of hydrazine groups is 1. The molecule has 1 atom stereocenters. The van der Waals surface area contributed by atoms with Gasteiger partial charge in [0.15, 0.2) is 0 Å². The molecule has 0 aliphatic rings. The topological polar surface area (TPSA) is 47.3 Å². The Hall–Kier alpha value is -1.06. The van der Waals surface area contributed by atoms with Crippen molar-refractivity contribution in [1.29, 1.82) is 0 Å². The lowest BCUT2D eigenvalue weighted by atomic mass is 10.0. The van der Waals surface area contributed by atoms with Crippen LogP contribution in [-0.2, 0) is 0 Å². The second-order valence-corrected chi connectivity index (χ2v) is 4.22. The fourth-order valence-corrected chi connectivity index (χ4v) is 1.91. The predicted molar refractivity (Wildman–Crippen MR) is 71.8 cm³/mol. The molecule has 96 valence electrons. The first kappa shape index (κ1) is 14.0. The zero-order valence-corrected chi connectivity index (χ0v) is 10.9. The van der Waals surface area contributed by atoms with E-state index in [2.05, 4.69) is 24.5 Å². The molecule has 0 fully saturated rings. The van der Waals surface area contributed by atoms with Crippen molar-refractivity contribution in [2.75, 3.05) is 6.61 Å². The molecule has 1 unspecified atom stereocenters. The molecule has 1 aromatic carbocycles. The maximum absolute atomic E-state index is 5.60. The summed E-state index contributed by atoms with van der Waals surface area (Å²) in [4.78, 5) is 0. The Labute approximate surface area is 104 Å². The van der Waals surface area contributed by atoms with Crippen LogP contribution in [0.3, 0.4) is 0 Å². The number of benzene rings is 1. The van der Waals surface area contributed by atoms with E-state index in [-0.39, 0.29) is 6.04 Å². The molecule has 17 heavy (non-hydrogen) atoms. The summed E-state index contributed by atoms with van der Waals surface area (Å²) in [6, 6.07) is 8.42. The van der Waals surface area contributed by atoms with E-state index in [1.807, 2.05) is 19.1 Å². The first-order chi connectivity index (χ1) is 8.31. The highest BCUT2D eigenvalue weighted by Gasteiger charge is 2.08. The third kappa shape index (κ3) is 4.75. The molecule has 1 aromatic rings. The minimum atomic E-state index is 0.247. The second kappa shape index (κ2) is 8.09. The van der Waals surface area contributed by atoms with Crippen LogP contribution in [0.4, 0.5) is 0 Å². The van der Waals surface area contributed by atoms with Gasteiger partial charge in [0.1, 0.15) is 5.75 Å². The van der Waals surface area contributed by atoms with Crippen molar-refractivity contribution in [2.45, 2.75) is 45.6 Å². The van der Waals surface area contributed by atoms with E-state index < -0.39 is 0 Å². The highest BCUT2D eigenvalue weighted by atomic mass is 16.5. The summed E-state index contributed by atoms with van der Waals surface area (Å²) in [6.45, 7) is 4.90. The van der Waals surface area contributed by atoms with Crippen molar-refractivity contribution in [3.63, 3.8) is 0 Å². The van der Waals surface area contributed by atoms with Crippen molar-refractivity contribution in [3.05, 3.63) is 29.8 Å². The largest absolute Gasteiger partial charge is 0.494 e. The second-order valence-electron chi connectivity index (χ2n) is 4.22. The van der Waals surface area contributed by atoms with Gasteiger partial charge in [-0.25, -0.2) is 0 Å². The fourth-order valence-electron chi connectivity index (χ4n) is 1.91. The minimum absolute atomic E-state index is 0.247. The summed E-state index contributed by atoms with van der Waals surface area (Å²) in [5.74, 6) is 6.52. The highest BCUT2D eigenvalue weighted by molar-refractivity contribution is 5.29. The molecule has 0 aromatic heterocycles. The van der Waals surface area contributed by atoms with E-state index in [9.17, 15) is 0 Å². The zero-order chi connectivity index (χ0) is 12.5. The maximum Gasteiger partial charge on any atom is 0.119 e. The van der Waals surface area contributed by atoms with Crippen LogP contribution in [0.25, 0.3) is 0 Å². The van der Waals surface area contributed by atoms with Crippen LogP contribution < -0.4 is 16.0 Å². The van der Waals surface area contributed by atoms with Gasteiger partial charge >= 0.3 is 0 Å². The molecular formula is C14H24N2O. The number of nitrogens with two attached hydrogens (primary N) is 1. The predicted octanol–water partition coefficient (Wildman–Crippen LogP) is 3.17. The molecule has 0 saturated carbocycles. The molecule has 0 amide bonds. The monoisotopic (exact) mass is 236 g/mol. The van der Waals surface area contributed by atoms with E-state index in [0.717, 1.165) is 12.2 Å². The van der Waals surface area contributed by atoms with Gasteiger partial charge in [-0.1, -0.05) is 38.3 Å². The van der Waals surface area contributed by atoms with Crippen LogP contribution in [0.2, 0.25) is 0 Å². The molecule has 0 bridgehead atoms. The molecule has 0 radical (unpaired) electrons. The molecule has 0 aliphatic carbocycles. The molecule has 3 N–H and O–H groups in total. The molecule has 0 heterocycles. The first-order valence-corrected chi connectivity index (χ1v) is 6.50. The Bertz CT molecular complexity index is 298. The van der Waals surface area contributed by atoms with Crippen LogP contribution in [0.5, 0.6) is 5.75 Å². The van der Waals surface area contributed by atoms with Crippen molar-refractivity contribution < 1.29 is 4.74 Å². The Balaban J connectivity index is 2.55. The number of nitrogens with one attached hydrogen (secondary N) is 1. The van der Waals surface area contributed by atoms with Crippen LogP contribution in [0.1, 0.15) is 51.1 Å². The molecule has 1 rings (SSSR count). The van der Waals surface area contributed by atoms with Gasteiger partial charge in [-0.2, -0.15) is 0 Å². The lowest BCUT2D eigenvalue weighted by Crippen LogP contribution is -2.27. The van der Waals surface area contributed by atoms with Gasteiger partial charge in [-0.3, -0.25) is 11.3 Å². The summed E-state index contributed by atoms with van der Waals surface area (Å²) in [7, 11) is 0. The number of unbranched alkanes of at least 4 members (excludes halogenated alkanes) is 2. The molecule has 0 aliphatic heterocycles. The SMILES string of the molecule is CCCCCC(NN)c1ccc(OCC)cc1. The molecule has 0 spiro atoms. The van der Waals surface area contributed by atoms with Crippen molar-refractivity contribution in [3.8, 4) is 5.75 Å². The first-order valence-electron chi connectivity index (χ1n) is 6.50. The van der Waals surface area contributed by atoms with Crippen LogP contribution in [-0.4, -0.2) is 6.61 Å². The minimum Gasteiger partial charge on any atom is -0.494 e. The summed E-state index contributed by atoms with van der Waals surface area (Å²) in [5.41, 5.74) is 4.12. The summed E-state index contributed by atoms with van der Waals surface area (Å²) >= 11 is 0. The van der Waals surface area contributed by atoms with Gasteiger partial charge in [0.25, 0.3) is 0 Å².